The van der Waals surface area contributed by atoms with Crippen LogP contribution in [0.15, 0.2) is 34.4 Å². The number of aryl methyl sites for hydroxylation is 2. The maximum Gasteiger partial charge on any atom is 0.268 e. The molecule has 7 heteroatoms. The molecule has 1 aromatic carbocycles. The van der Waals surface area contributed by atoms with Gasteiger partial charge < -0.3 is 19.5 Å². The molecule has 0 fully saturated rings. The van der Waals surface area contributed by atoms with Crippen molar-refractivity contribution in [2.75, 3.05) is 10.2 Å². The molecule has 3 rings (SSSR count). The van der Waals surface area contributed by atoms with E-state index in [9.17, 15) is 9.59 Å². The number of ether oxygens (including phenoxy) is 1. The van der Waals surface area contributed by atoms with Gasteiger partial charge in [-0.05, 0) is 52.8 Å². The Labute approximate surface area is 158 Å². The molecule has 2 amide bonds. The van der Waals surface area contributed by atoms with E-state index in [1.54, 1.807) is 30.0 Å². The number of nitrogens with one attached hydrogen (secondary N) is 1. The summed E-state index contributed by atoms with van der Waals surface area (Å²) in [5.41, 5.74) is 3.70. The highest BCUT2D eigenvalue weighted by molar-refractivity contribution is 6.03. The molecule has 2 heterocycles. The highest BCUT2D eigenvalue weighted by Gasteiger charge is 2.33. The van der Waals surface area contributed by atoms with Crippen molar-refractivity contribution in [2.45, 2.75) is 47.3 Å². The number of hydrogen-bond acceptors (Lipinski definition) is 5. The lowest BCUT2D eigenvalue weighted by atomic mass is 10.1. The zero-order chi connectivity index (χ0) is 19.7. The Morgan fingerprint density at radius 2 is 2.07 bits per heavy atom. The fourth-order valence-electron chi connectivity index (χ4n) is 2.97. The molecule has 0 spiro atoms. The van der Waals surface area contributed by atoms with E-state index in [4.69, 9.17) is 9.26 Å². The first-order chi connectivity index (χ1) is 12.8. The van der Waals surface area contributed by atoms with Crippen LogP contribution < -0.4 is 15.0 Å². The summed E-state index contributed by atoms with van der Waals surface area (Å²) in [6, 6.07) is 5.26. The van der Waals surface area contributed by atoms with Crippen LogP contribution in [-0.2, 0) is 16.1 Å². The summed E-state index contributed by atoms with van der Waals surface area (Å²) in [6.07, 6.45) is 0.925. The Kier molecular flexibility index (Phi) is 5.03. The quantitative estimate of drug-likeness (QED) is 0.834. The maximum atomic E-state index is 12.8. The largest absolute Gasteiger partial charge is 0.479 e. The Morgan fingerprint density at radius 3 is 2.70 bits per heavy atom. The predicted octanol–water partition coefficient (Wildman–Crippen LogP) is 3.51. The molecule has 1 aliphatic heterocycles. The highest BCUT2D eigenvalue weighted by atomic mass is 16.5. The van der Waals surface area contributed by atoms with Crippen molar-refractivity contribution in [3.63, 3.8) is 0 Å². The number of anilines is 2. The van der Waals surface area contributed by atoms with Crippen LogP contribution in [0.3, 0.4) is 0 Å². The Hall–Kier alpha value is -3.09. The summed E-state index contributed by atoms with van der Waals surface area (Å²) in [6.45, 7) is 9.41. The van der Waals surface area contributed by atoms with E-state index in [0.717, 1.165) is 16.8 Å². The average Bonchev–Trinajstić information content (AvgIpc) is 2.90. The van der Waals surface area contributed by atoms with E-state index < -0.39 is 6.10 Å². The van der Waals surface area contributed by atoms with E-state index in [1.807, 2.05) is 27.7 Å². The summed E-state index contributed by atoms with van der Waals surface area (Å²) >= 11 is 0. The molecule has 1 aromatic heterocycles. The number of fused-ring (bicyclic) bond motifs is 1. The maximum absolute atomic E-state index is 12.8. The van der Waals surface area contributed by atoms with E-state index in [1.165, 1.54) is 6.08 Å². The van der Waals surface area contributed by atoms with Crippen molar-refractivity contribution in [3.8, 4) is 5.75 Å². The normalized spacial score (nSPS) is 15.8. The zero-order valence-corrected chi connectivity index (χ0v) is 16.1. The van der Waals surface area contributed by atoms with E-state index >= 15 is 0 Å². The number of carbonyl (C=O) groups excluding carboxylic acids is 2. The van der Waals surface area contributed by atoms with Crippen LogP contribution in [0.2, 0.25) is 0 Å². The molecule has 1 unspecified atom stereocenters. The predicted molar refractivity (Wildman–Crippen MR) is 102 cm³/mol. The summed E-state index contributed by atoms with van der Waals surface area (Å²) in [5, 5.41) is 6.77. The third kappa shape index (κ3) is 3.86. The number of aromatic nitrogens is 1. The SMILES string of the molecule is CC(C)=CC(=O)Nc1ccc2c(c1)N(Cc1c(C)noc1C)C(=O)C(C)O2. The van der Waals surface area contributed by atoms with Crippen molar-refractivity contribution in [1.29, 1.82) is 0 Å². The summed E-state index contributed by atoms with van der Waals surface area (Å²) in [5.74, 6) is 0.891. The number of amides is 2. The number of carbonyl (C=O) groups is 2. The second-order valence-electron chi connectivity index (χ2n) is 6.88. The molecule has 0 saturated carbocycles. The topological polar surface area (TPSA) is 84.7 Å². The first-order valence-corrected chi connectivity index (χ1v) is 8.76. The number of nitrogens with zero attached hydrogens (tertiary/aromatic N) is 2. The second kappa shape index (κ2) is 7.26. The smallest absolute Gasteiger partial charge is 0.268 e. The van der Waals surface area contributed by atoms with E-state index in [-0.39, 0.29) is 11.8 Å². The third-order valence-corrected chi connectivity index (χ3v) is 4.35. The van der Waals surface area contributed by atoms with Gasteiger partial charge in [-0.25, -0.2) is 0 Å². The molecule has 27 heavy (non-hydrogen) atoms. The Balaban J connectivity index is 1.96. The van der Waals surface area contributed by atoms with Gasteiger partial charge in [-0.15, -0.1) is 0 Å². The molecule has 0 aliphatic carbocycles. The monoisotopic (exact) mass is 369 g/mol. The molecule has 0 bridgehead atoms. The van der Waals surface area contributed by atoms with Gasteiger partial charge in [0.25, 0.3) is 5.91 Å². The average molecular weight is 369 g/mol. The fraction of sp³-hybridized carbons (Fsp3) is 0.350. The summed E-state index contributed by atoms with van der Waals surface area (Å²) in [7, 11) is 0. The fourth-order valence-corrected chi connectivity index (χ4v) is 2.97. The Morgan fingerprint density at radius 1 is 1.33 bits per heavy atom. The minimum atomic E-state index is -0.593. The lowest BCUT2D eigenvalue weighted by Crippen LogP contribution is -2.44. The molecular weight excluding hydrogens is 346 g/mol. The number of hydrogen-bond donors (Lipinski definition) is 1. The molecular formula is C20H23N3O4. The van der Waals surface area contributed by atoms with Crippen LogP contribution >= 0.6 is 0 Å². The van der Waals surface area contributed by atoms with Crippen molar-refractivity contribution in [1.82, 2.24) is 5.16 Å². The van der Waals surface area contributed by atoms with Crippen LogP contribution in [0.5, 0.6) is 5.75 Å². The van der Waals surface area contributed by atoms with Gasteiger partial charge in [0.2, 0.25) is 5.91 Å². The number of rotatable bonds is 4. The van der Waals surface area contributed by atoms with Gasteiger partial charge in [0.15, 0.2) is 6.10 Å². The van der Waals surface area contributed by atoms with Gasteiger partial charge in [0.1, 0.15) is 11.5 Å². The molecule has 0 radical (unpaired) electrons. The van der Waals surface area contributed by atoms with Crippen molar-refractivity contribution in [2.24, 2.45) is 0 Å². The molecule has 7 nitrogen and oxygen atoms in total. The molecule has 142 valence electrons. The van der Waals surface area contributed by atoms with Gasteiger partial charge in [0, 0.05) is 17.3 Å². The first-order valence-electron chi connectivity index (χ1n) is 8.76. The first kappa shape index (κ1) is 18.7. The van der Waals surface area contributed by atoms with Crippen LogP contribution in [0.1, 0.15) is 37.8 Å². The summed E-state index contributed by atoms with van der Waals surface area (Å²) < 4.78 is 10.9. The highest BCUT2D eigenvalue weighted by Crippen LogP contribution is 2.37. The van der Waals surface area contributed by atoms with Gasteiger partial charge >= 0.3 is 0 Å². The third-order valence-electron chi connectivity index (χ3n) is 4.35. The van der Waals surface area contributed by atoms with Gasteiger partial charge in [-0.1, -0.05) is 10.7 Å². The van der Waals surface area contributed by atoms with Crippen LogP contribution in [0, 0.1) is 13.8 Å². The van der Waals surface area contributed by atoms with Gasteiger partial charge in [-0.3, -0.25) is 9.59 Å². The van der Waals surface area contributed by atoms with Crippen LogP contribution in [0.25, 0.3) is 0 Å². The minimum absolute atomic E-state index is 0.157. The van der Waals surface area contributed by atoms with Crippen LogP contribution in [0.4, 0.5) is 11.4 Å². The number of benzene rings is 1. The molecule has 0 saturated heterocycles. The summed E-state index contributed by atoms with van der Waals surface area (Å²) in [4.78, 5) is 26.4. The second-order valence-corrected chi connectivity index (χ2v) is 6.88. The molecule has 1 aliphatic rings. The van der Waals surface area contributed by atoms with Crippen molar-refractivity contribution in [3.05, 3.63) is 46.9 Å². The minimum Gasteiger partial charge on any atom is -0.479 e. The lowest BCUT2D eigenvalue weighted by Gasteiger charge is -2.33. The molecule has 1 atom stereocenters. The van der Waals surface area contributed by atoms with E-state index in [0.29, 0.717) is 29.4 Å². The molecule has 1 N–H and O–H groups in total. The van der Waals surface area contributed by atoms with Gasteiger partial charge in [-0.2, -0.15) is 0 Å². The van der Waals surface area contributed by atoms with Crippen molar-refractivity contribution < 1.29 is 18.8 Å². The standard InChI is InChI=1S/C20H23N3O4/c1-11(2)8-19(24)21-15-6-7-18-17(9-15)23(20(25)14(5)26-18)10-16-12(3)22-27-13(16)4/h6-9,14H,10H2,1-5H3,(H,21,24). The number of allylic oxidation sites excluding steroid dienone is 1. The van der Waals surface area contributed by atoms with Crippen LogP contribution in [-0.4, -0.2) is 23.1 Å². The van der Waals surface area contributed by atoms with Crippen molar-refractivity contribution >= 4 is 23.2 Å². The Bertz CT molecular complexity index is 906. The van der Waals surface area contributed by atoms with E-state index in [2.05, 4.69) is 10.5 Å². The van der Waals surface area contributed by atoms with Gasteiger partial charge in [0.05, 0.1) is 17.9 Å². The molecule has 2 aromatic rings. The lowest BCUT2D eigenvalue weighted by molar-refractivity contribution is -0.125. The zero-order valence-electron chi connectivity index (χ0n) is 16.1.